The van der Waals surface area contributed by atoms with E-state index < -0.39 is 0 Å². The molecular weight excluding hydrogens is 232 g/mol. The van der Waals surface area contributed by atoms with Crippen LogP contribution in [0.2, 0.25) is 0 Å². The Balaban J connectivity index is 2.41. The zero-order valence-electron chi connectivity index (χ0n) is 6.99. The molecule has 0 saturated carbocycles. The summed E-state index contributed by atoms with van der Waals surface area (Å²) in [7, 11) is 0. The minimum atomic E-state index is 0.560. The molecule has 0 aliphatic rings. The van der Waals surface area contributed by atoms with Crippen LogP contribution in [0.3, 0.4) is 0 Å². The first-order valence-corrected chi connectivity index (χ1v) is 4.61. The van der Waals surface area contributed by atoms with Crippen molar-refractivity contribution in [2.45, 2.75) is 6.92 Å². The van der Waals surface area contributed by atoms with E-state index in [1.165, 1.54) is 0 Å². The van der Waals surface area contributed by atoms with Crippen molar-refractivity contribution in [3.05, 3.63) is 34.6 Å². The number of nitrogens with zero attached hydrogens (tertiary/aromatic N) is 2. The third-order valence-corrected chi connectivity index (χ3v) is 2.15. The van der Waals surface area contributed by atoms with Gasteiger partial charge in [-0.25, -0.2) is 0 Å². The van der Waals surface area contributed by atoms with Crippen molar-refractivity contribution in [2.75, 3.05) is 0 Å². The summed E-state index contributed by atoms with van der Waals surface area (Å²) in [5.41, 5.74) is 0.934. The normalized spacial score (nSPS) is 10.3. The van der Waals surface area contributed by atoms with Crippen LogP contribution >= 0.6 is 15.9 Å². The largest absolute Gasteiger partial charge is 0.334 e. The highest BCUT2D eigenvalue weighted by atomic mass is 79.9. The molecule has 4 heteroatoms. The third-order valence-electron chi connectivity index (χ3n) is 1.62. The van der Waals surface area contributed by atoms with Gasteiger partial charge in [-0.05, 0) is 31.2 Å². The van der Waals surface area contributed by atoms with Crippen LogP contribution in [0.25, 0.3) is 11.5 Å². The summed E-state index contributed by atoms with van der Waals surface area (Å²) >= 11 is 3.36. The number of hydrogen-bond donors (Lipinski definition) is 0. The first-order valence-electron chi connectivity index (χ1n) is 3.82. The second-order valence-electron chi connectivity index (χ2n) is 2.65. The Morgan fingerprint density at radius 3 is 2.46 bits per heavy atom. The molecule has 0 aliphatic heterocycles. The molecule has 0 aliphatic carbocycles. The second-order valence-corrected chi connectivity index (χ2v) is 3.57. The minimum Gasteiger partial charge on any atom is -0.334 e. The Morgan fingerprint density at radius 2 is 1.92 bits per heavy atom. The van der Waals surface area contributed by atoms with Gasteiger partial charge in [0, 0.05) is 10.0 Å². The van der Waals surface area contributed by atoms with Gasteiger partial charge in [0.2, 0.25) is 0 Å². The maximum Gasteiger partial charge on any atom is 0.257 e. The molecule has 1 aromatic heterocycles. The molecule has 2 rings (SSSR count). The third kappa shape index (κ3) is 1.78. The zero-order chi connectivity index (χ0) is 9.26. The van der Waals surface area contributed by atoms with Crippen LogP contribution in [-0.2, 0) is 0 Å². The van der Waals surface area contributed by atoms with Crippen molar-refractivity contribution in [1.29, 1.82) is 0 Å². The number of benzene rings is 1. The summed E-state index contributed by atoms with van der Waals surface area (Å²) in [5, 5.41) is 3.72. The van der Waals surface area contributed by atoms with E-state index in [0.717, 1.165) is 10.0 Å². The van der Waals surface area contributed by atoms with Gasteiger partial charge in [-0.3, -0.25) is 0 Å². The predicted molar refractivity (Wildman–Crippen MR) is 52.2 cm³/mol. The fraction of sp³-hybridized carbons (Fsp3) is 0.111. The lowest BCUT2D eigenvalue weighted by Gasteiger charge is -1.92. The van der Waals surface area contributed by atoms with Crippen molar-refractivity contribution in [1.82, 2.24) is 10.1 Å². The van der Waals surface area contributed by atoms with Crippen LogP contribution in [-0.4, -0.2) is 10.1 Å². The summed E-state index contributed by atoms with van der Waals surface area (Å²) in [5.74, 6) is 1.21. The summed E-state index contributed by atoms with van der Waals surface area (Å²) in [6.45, 7) is 1.80. The van der Waals surface area contributed by atoms with Gasteiger partial charge >= 0.3 is 0 Å². The van der Waals surface area contributed by atoms with Crippen LogP contribution < -0.4 is 0 Å². The fourth-order valence-electron chi connectivity index (χ4n) is 1.01. The van der Waals surface area contributed by atoms with Crippen molar-refractivity contribution in [2.24, 2.45) is 0 Å². The van der Waals surface area contributed by atoms with E-state index in [9.17, 15) is 0 Å². The highest BCUT2D eigenvalue weighted by molar-refractivity contribution is 9.10. The Labute approximate surface area is 83.9 Å². The lowest BCUT2D eigenvalue weighted by Crippen LogP contribution is -1.77. The molecule has 1 aromatic carbocycles. The van der Waals surface area contributed by atoms with Crippen molar-refractivity contribution in [3.63, 3.8) is 0 Å². The molecule has 3 nitrogen and oxygen atoms in total. The van der Waals surface area contributed by atoms with Gasteiger partial charge in [0.15, 0.2) is 5.82 Å². The van der Waals surface area contributed by atoms with Gasteiger partial charge < -0.3 is 4.52 Å². The van der Waals surface area contributed by atoms with Gasteiger partial charge in [-0.1, -0.05) is 21.1 Å². The average Bonchev–Trinajstić information content (AvgIpc) is 2.53. The van der Waals surface area contributed by atoms with E-state index in [1.54, 1.807) is 6.92 Å². The summed E-state index contributed by atoms with van der Waals surface area (Å²) in [6, 6.07) is 7.73. The zero-order valence-corrected chi connectivity index (χ0v) is 8.58. The van der Waals surface area contributed by atoms with Gasteiger partial charge in [0.05, 0.1) is 0 Å². The van der Waals surface area contributed by atoms with Gasteiger partial charge in [0.25, 0.3) is 5.89 Å². The molecule has 0 radical (unpaired) electrons. The van der Waals surface area contributed by atoms with Crippen LogP contribution in [0.5, 0.6) is 0 Å². The van der Waals surface area contributed by atoms with Gasteiger partial charge in [-0.2, -0.15) is 4.98 Å². The lowest BCUT2D eigenvalue weighted by molar-refractivity contribution is 0.425. The quantitative estimate of drug-likeness (QED) is 0.767. The van der Waals surface area contributed by atoms with Gasteiger partial charge in [-0.15, -0.1) is 0 Å². The highest BCUT2D eigenvalue weighted by Gasteiger charge is 2.04. The molecule has 0 saturated heterocycles. The van der Waals surface area contributed by atoms with Crippen LogP contribution in [0.1, 0.15) is 5.82 Å². The number of hydrogen-bond acceptors (Lipinski definition) is 3. The molecule has 0 N–H and O–H groups in total. The molecule has 1 heterocycles. The van der Waals surface area contributed by atoms with Gasteiger partial charge in [0.1, 0.15) is 0 Å². The van der Waals surface area contributed by atoms with E-state index in [1.807, 2.05) is 24.3 Å². The Bertz CT molecular complexity index is 408. The topological polar surface area (TPSA) is 38.9 Å². The first-order chi connectivity index (χ1) is 6.25. The SMILES string of the molecule is Cc1noc(-c2ccc(Br)cc2)n1. The maximum absolute atomic E-state index is 5.01. The standard InChI is InChI=1S/C9H7BrN2O/c1-6-11-9(13-12-6)7-2-4-8(10)5-3-7/h2-5H,1H3. The average molecular weight is 239 g/mol. The molecular formula is C9H7BrN2O. The predicted octanol–water partition coefficient (Wildman–Crippen LogP) is 2.81. The Hall–Kier alpha value is -1.16. The molecule has 2 aromatic rings. The Morgan fingerprint density at radius 1 is 1.23 bits per heavy atom. The molecule has 13 heavy (non-hydrogen) atoms. The first kappa shape index (κ1) is 8.44. The van der Waals surface area contributed by atoms with E-state index in [4.69, 9.17) is 4.52 Å². The molecule has 0 atom stereocenters. The lowest BCUT2D eigenvalue weighted by atomic mass is 10.2. The maximum atomic E-state index is 5.01. The van der Waals surface area contributed by atoms with Crippen LogP contribution in [0, 0.1) is 6.92 Å². The monoisotopic (exact) mass is 238 g/mol. The Kier molecular flexibility index (Phi) is 2.14. The molecule has 66 valence electrons. The highest BCUT2D eigenvalue weighted by Crippen LogP contribution is 2.19. The number of aromatic nitrogens is 2. The van der Waals surface area contributed by atoms with Crippen molar-refractivity contribution in [3.8, 4) is 11.5 Å². The molecule has 0 fully saturated rings. The number of aryl methyl sites for hydroxylation is 1. The summed E-state index contributed by atoms with van der Waals surface area (Å²) in [6.07, 6.45) is 0. The second kappa shape index (κ2) is 3.30. The van der Waals surface area contributed by atoms with Crippen molar-refractivity contribution < 1.29 is 4.52 Å². The van der Waals surface area contributed by atoms with E-state index in [2.05, 4.69) is 26.1 Å². The van der Waals surface area contributed by atoms with Crippen LogP contribution in [0.15, 0.2) is 33.3 Å². The van der Waals surface area contributed by atoms with Crippen LogP contribution in [0.4, 0.5) is 0 Å². The number of rotatable bonds is 1. The molecule has 0 spiro atoms. The van der Waals surface area contributed by atoms with Crippen molar-refractivity contribution >= 4 is 15.9 Å². The molecule has 0 bridgehead atoms. The fourth-order valence-corrected chi connectivity index (χ4v) is 1.27. The van der Waals surface area contributed by atoms with E-state index >= 15 is 0 Å². The summed E-state index contributed by atoms with van der Waals surface area (Å²) < 4.78 is 6.05. The molecule has 0 unspecified atom stereocenters. The minimum absolute atomic E-state index is 0.560. The molecule has 0 amide bonds. The van der Waals surface area contributed by atoms with E-state index in [-0.39, 0.29) is 0 Å². The number of halogens is 1. The summed E-state index contributed by atoms with van der Waals surface area (Å²) in [4.78, 5) is 4.12. The van der Waals surface area contributed by atoms with E-state index in [0.29, 0.717) is 11.7 Å². The smallest absolute Gasteiger partial charge is 0.257 e.